The summed E-state index contributed by atoms with van der Waals surface area (Å²) in [6.45, 7) is 2.34. The van der Waals surface area contributed by atoms with E-state index in [0.717, 1.165) is 18.7 Å². The third-order valence-electron chi connectivity index (χ3n) is 4.21. The smallest absolute Gasteiger partial charge is 0.269 e. The molecular formula is C15H21N3O3. The SMILES string of the molecule is CN1CCOC(CNC2CC2)C1c1cccc([N+](=O)[O-])c1. The lowest BCUT2D eigenvalue weighted by molar-refractivity contribution is -0.385. The van der Waals surface area contributed by atoms with Crippen LogP contribution in [0.25, 0.3) is 0 Å². The van der Waals surface area contributed by atoms with Gasteiger partial charge in [-0.05, 0) is 25.5 Å². The van der Waals surface area contributed by atoms with Crippen molar-refractivity contribution in [1.82, 2.24) is 10.2 Å². The van der Waals surface area contributed by atoms with E-state index in [1.807, 2.05) is 6.07 Å². The summed E-state index contributed by atoms with van der Waals surface area (Å²) in [5, 5.41) is 14.5. The molecule has 1 heterocycles. The minimum atomic E-state index is -0.343. The second-order valence-electron chi connectivity index (χ2n) is 5.87. The molecule has 3 rings (SSSR count). The highest BCUT2D eigenvalue weighted by Crippen LogP contribution is 2.30. The first-order valence-corrected chi connectivity index (χ1v) is 7.45. The second kappa shape index (κ2) is 6.09. The third-order valence-corrected chi connectivity index (χ3v) is 4.21. The predicted molar refractivity (Wildman–Crippen MR) is 79.2 cm³/mol. The molecule has 1 saturated carbocycles. The zero-order valence-corrected chi connectivity index (χ0v) is 12.2. The van der Waals surface area contributed by atoms with Crippen LogP contribution < -0.4 is 5.32 Å². The maximum absolute atomic E-state index is 11.0. The molecule has 2 atom stereocenters. The van der Waals surface area contributed by atoms with Gasteiger partial charge in [-0.1, -0.05) is 12.1 Å². The lowest BCUT2D eigenvalue weighted by Crippen LogP contribution is -2.47. The number of ether oxygens (including phenoxy) is 1. The Morgan fingerprint density at radius 1 is 1.48 bits per heavy atom. The normalized spacial score (nSPS) is 26.7. The lowest BCUT2D eigenvalue weighted by atomic mass is 9.98. The molecule has 1 aliphatic heterocycles. The van der Waals surface area contributed by atoms with Crippen molar-refractivity contribution in [2.45, 2.75) is 31.0 Å². The first-order chi connectivity index (χ1) is 10.1. The number of morpholine rings is 1. The fourth-order valence-corrected chi connectivity index (χ4v) is 2.89. The summed E-state index contributed by atoms with van der Waals surface area (Å²) in [5.74, 6) is 0. The number of nitro benzene ring substituents is 1. The van der Waals surface area contributed by atoms with Gasteiger partial charge in [-0.3, -0.25) is 15.0 Å². The number of hydrogen-bond donors (Lipinski definition) is 1. The van der Waals surface area contributed by atoms with Crippen molar-refractivity contribution in [3.8, 4) is 0 Å². The van der Waals surface area contributed by atoms with Crippen molar-refractivity contribution in [3.63, 3.8) is 0 Å². The molecule has 1 saturated heterocycles. The highest BCUT2D eigenvalue weighted by atomic mass is 16.6. The second-order valence-corrected chi connectivity index (χ2v) is 5.87. The van der Waals surface area contributed by atoms with Gasteiger partial charge < -0.3 is 10.1 Å². The van der Waals surface area contributed by atoms with E-state index in [1.54, 1.807) is 12.1 Å². The molecule has 1 aromatic carbocycles. The zero-order valence-electron chi connectivity index (χ0n) is 12.2. The van der Waals surface area contributed by atoms with Crippen LogP contribution in [0.1, 0.15) is 24.4 Å². The van der Waals surface area contributed by atoms with E-state index >= 15 is 0 Å². The summed E-state index contributed by atoms with van der Waals surface area (Å²) in [6.07, 6.45) is 2.51. The van der Waals surface area contributed by atoms with Crippen LogP contribution in [0.5, 0.6) is 0 Å². The van der Waals surface area contributed by atoms with Crippen LogP contribution in [-0.2, 0) is 4.74 Å². The average molecular weight is 291 g/mol. The van der Waals surface area contributed by atoms with E-state index in [0.29, 0.717) is 12.6 Å². The van der Waals surface area contributed by atoms with E-state index in [2.05, 4.69) is 17.3 Å². The van der Waals surface area contributed by atoms with E-state index in [4.69, 9.17) is 4.74 Å². The van der Waals surface area contributed by atoms with Crippen LogP contribution in [0, 0.1) is 10.1 Å². The molecule has 2 unspecified atom stereocenters. The largest absolute Gasteiger partial charge is 0.374 e. The summed E-state index contributed by atoms with van der Waals surface area (Å²) in [5.41, 5.74) is 1.09. The topological polar surface area (TPSA) is 67.6 Å². The zero-order chi connectivity index (χ0) is 14.8. The summed E-state index contributed by atoms with van der Waals surface area (Å²) >= 11 is 0. The molecule has 2 aliphatic rings. The highest BCUT2D eigenvalue weighted by molar-refractivity contribution is 5.36. The van der Waals surface area contributed by atoms with Gasteiger partial charge >= 0.3 is 0 Å². The maximum atomic E-state index is 11.0. The quantitative estimate of drug-likeness (QED) is 0.661. The molecule has 1 N–H and O–H groups in total. The molecule has 0 spiro atoms. The minimum absolute atomic E-state index is 0.0337. The van der Waals surface area contributed by atoms with E-state index in [-0.39, 0.29) is 22.8 Å². The van der Waals surface area contributed by atoms with Crippen LogP contribution in [-0.4, -0.2) is 48.7 Å². The van der Waals surface area contributed by atoms with E-state index in [1.165, 1.54) is 18.9 Å². The molecule has 21 heavy (non-hydrogen) atoms. The van der Waals surface area contributed by atoms with Crippen molar-refractivity contribution >= 4 is 5.69 Å². The molecule has 0 aromatic heterocycles. The minimum Gasteiger partial charge on any atom is -0.374 e. The Morgan fingerprint density at radius 2 is 2.29 bits per heavy atom. The fraction of sp³-hybridized carbons (Fsp3) is 0.600. The number of rotatable bonds is 5. The Kier molecular flexibility index (Phi) is 4.19. The monoisotopic (exact) mass is 291 g/mol. The number of nitro groups is 1. The van der Waals surface area contributed by atoms with Crippen LogP contribution in [0.4, 0.5) is 5.69 Å². The molecule has 2 fully saturated rings. The van der Waals surface area contributed by atoms with Crippen molar-refractivity contribution in [1.29, 1.82) is 0 Å². The summed E-state index contributed by atoms with van der Waals surface area (Å²) in [7, 11) is 2.05. The first kappa shape index (κ1) is 14.4. The van der Waals surface area contributed by atoms with Gasteiger partial charge in [-0.25, -0.2) is 0 Å². The van der Waals surface area contributed by atoms with Crippen LogP contribution >= 0.6 is 0 Å². The van der Waals surface area contributed by atoms with Crippen molar-refractivity contribution in [2.75, 3.05) is 26.7 Å². The van der Waals surface area contributed by atoms with Crippen LogP contribution in [0.15, 0.2) is 24.3 Å². The number of likely N-dealkylation sites (N-methyl/N-ethyl adjacent to an activating group) is 1. The van der Waals surface area contributed by atoms with Gasteiger partial charge in [0.15, 0.2) is 0 Å². The highest BCUT2D eigenvalue weighted by Gasteiger charge is 2.33. The number of benzene rings is 1. The number of hydrogen-bond acceptors (Lipinski definition) is 5. The molecule has 0 amide bonds. The molecule has 1 aromatic rings. The van der Waals surface area contributed by atoms with Crippen LogP contribution in [0.2, 0.25) is 0 Å². The Bertz CT molecular complexity index is 519. The predicted octanol–water partition coefficient (Wildman–Crippen LogP) is 1.72. The van der Waals surface area contributed by atoms with E-state index < -0.39 is 0 Å². The van der Waals surface area contributed by atoms with Crippen molar-refractivity contribution in [2.24, 2.45) is 0 Å². The van der Waals surface area contributed by atoms with Gasteiger partial charge in [-0.2, -0.15) is 0 Å². The third kappa shape index (κ3) is 3.40. The van der Waals surface area contributed by atoms with Gasteiger partial charge in [0.05, 0.1) is 23.7 Å². The average Bonchev–Trinajstić information content (AvgIpc) is 3.29. The molecular weight excluding hydrogens is 270 g/mol. The summed E-state index contributed by atoms with van der Waals surface area (Å²) < 4.78 is 5.92. The Labute approximate surface area is 124 Å². The number of nitrogens with one attached hydrogen (secondary N) is 1. The lowest BCUT2D eigenvalue weighted by Gasteiger charge is -2.39. The van der Waals surface area contributed by atoms with Gasteiger partial charge in [0.2, 0.25) is 0 Å². The van der Waals surface area contributed by atoms with Crippen LogP contribution in [0.3, 0.4) is 0 Å². The van der Waals surface area contributed by atoms with Crippen molar-refractivity contribution in [3.05, 3.63) is 39.9 Å². The molecule has 114 valence electrons. The standard InChI is InChI=1S/C15H21N3O3/c1-17-7-8-21-14(10-16-12-5-6-12)15(17)11-3-2-4-13(9-11)18(19)20/h2-4,9,12,14-16H,5-8,10H2,1H3. The van der Waals surface area contributed by atoms with Gasteiger partial charge in [0.25, 0.3) is 5.69 Å². The Morgan fingerprint density at radius 3 is 3.00 bits per heavy atom. The van der Waals surface area contributed by atoms with Crippen molar-refractivity contribution < 1.29 is 9.66 Å². The maximum Gasteiger partial charge on any atom is 0.269 e. The molecule has 6 nitrogen and oxygen atoms in total. The van der Waals surface area contributed by atoms with Gasteiger partial charge in [0, 0.05) is 31.3 Å². The van der Waals surface area contributed by atoms with Gasteiger partial charge in [-0.15, -0.1) is 0 Å². The molecule has 0 bridgehead atoms. The number of non-ortho nitro benzene ring substituents is 1. The fourth-order valence-electron chi connectivity index (χ4n) is 2.89. The Hall–Kier alpha value is -1.50. The van der Waals surface area contributed by atoms with E-state index in [9.17, 15) is 10.1 Å². The molecule has 1 aliphatic carbocycles. The summed E-state index contributed by atoms with van der Waals surface area (Å²) in [6, 6.07) is 7.59. The molecule has 6 heteroatoms. The first-order valence-electron chi connectivity index (χ1n) is 7.45. The molecule has 0 radical (unpaired) electrons. The number of nitrogens with zero attached hydrogens (tertiary/aromatic N) is 2. The van der Waals surface area contributed by atoms with Gasteiger partial charge in [0.1, 0.15) is 0 Å². The summed E-state index contributed by atoms with van der Waals surface area (Å²) in [4.78, 5) is 12.9. The Balaban J connectivity index is 1.79.